The largest absolute Gasteiger partial charge is 0.416 e. The lowest BCUT2D eigenvalue weighted by Gasteiger charge is -2.10. The topological polar surface area (TPSA) is 90.9 Å². The van der Waals surface area contributed by atoms with Gasteiger partial charge in [-0.05, 0) is 18.2 Å². The number of nitrogens with zero attached hydrogens (tertiary/aromatic N) is 3. The van der Waals surface area contributed by atoms with Crippen molar-refractivity contribution in [1.29, 1.82) is 0 Å². The number of hydrogen-bond acceptors (Lipinski definition) is 5. The van der Waals surface area contributed by atoms with Gasteiger partial charge in [-0.2, -0.15) is 13.2 Å². The van der Waals surface area contributed by atoms with E-state index >= 15 is 0 Å². The normalized spacial score (nSPS) is 12.6. The summed E-state index contributed by atoms with van der Waals surface area (Å²) in [5, 5.41) is 7.21. The van der Waals surface area contributed by atoms with Crippen molar-refractivity contribution in [3.8, 4) is 0 Å². The molecule has 0 aliphatic carbocycles. The number of aromatic nitrogens is 3. The Hall–Kier alpha value is -2.10. The summed E-state index contributed by atoms with van der Waals surface area (Å²) < 4.78 is 63.2. The van der Waals surface area contributed by atoms with E-state index in [1.165, 1.54) is 10.9 Å². The first-order valence-electron chi connectivity index (χ1n) is 5.64. The maximum Gasteiger partial charge on any atom is 0.416 e. The van der Waals surface area contributed by atoms with Crippen molar-refractivity contribution in [3.63, 3.8) is 0 Å². The quantitative estimate of drug-likeness (QED) is 0.863. The molecule has 10 heteroatoms. The van der Waals surface area contributed by atoms with Gasteiger partial charge in [-0.25, -0.2) is 8.42 Å². The predicted octanol–water partition coefficient (Wildman–Crippen LogP) is 1.39. The molecule has 114 valence electrons. The molecule has 0 aliphatic rings. The van der Waals surface area contributed by atoms with Crippen molar-refractivity contribution in [1.82, 2.24) is 15.0 Å². The molecule has 0 saturated carbocycles. The fourth-order valence-corrected chi connectivity index (χ4v) is 3.11. The van der Waals surface area contributed by atoms with Crippen molar-refractivity contribution >= 4 is 15.5 Å². The van der Waals surface area contributed by atoms with Crippen LogP contribution in [-0.2, 0) is 28.8 Å². The van der Waals surface area contributed by atoms with Gasteiger partial charge in [-0.15, -0.1) is 5.10 Å². The lowest BCUT2D eigenvalue weighted by Crippen LogP contribution is -2.11. The van der Waals surface area contributed by atoms with E-state index in [1.54, 1.807) is 7.05 Å². The Kier molecular flexibility index (Phi) is 3.66. The van der Waals surface area contributed by atoms with Crippen molar-refractivity contribution in [2.75, 3.05) is 5.73 Å². The van der Waals surface area contributed by atoms with Gasteiger partial charge in [0.05, 0.1) is 21.8 Å². The van der Waals surface area contributed by atoms with Gasteiger partial charge in [0.25, 0.3) is 0 Å². The van der Waals surface area contributed by atoms with Gasteiger partial charge in [0.2, 0.25) is 0 Å². The van der Waals surface area contributed by atoms with E-state index in [4.69, 9.17) is 5.73 Å². The maximum atomic E-state index is 12.5. The van der Waals surface area contributed by atoms with Crippen LogP contribution < -0.4 is 5.73 Å². The second-order valence-corrected chi connectivity index (χ2v) is 6.35. The van der Waals surface area contributed by atoms with Crippen LogP contribution in [0.2, 0.25) is 0 Å². The van der Waals surface area contributed by atoms with Gasteiger partial charge in [-0.3, -0.25) is 4.68 Å². The number of halogens is 3. The summed E-state index contributed by atoms with van der Waals surface area (Å²) in [5.74, 6) is -0.490. The van der Waals surface area contributed by atoms with E-state index in [2.05, 4.69) is 10.3 Å². The number of alkyl halides is 3. The molecule has 2 N–H and O–H groups in total. The molecule has 2 rings (SSSR count). The molecule has 0 radical (unpaired) electrons. The lowest BCUT2D eigenvalue weighted by molar-refractivity contribution is -0.137. The minimum Gasteiger partial charge on any atom is -0.398 e. The molecule has 0 spiro atoms. The zero-order valence-corrected chi connectivity index (χ0v) is 11.6. The Labute approximate surface area is 118 Å². The average Bonchev–Trinajstić information content (AvgIpc) is 2.72. The third-order valence-electron chi connectivity index (χ3n) is 2.66. The van der Waals surface area contributed by atoms with Gasteiger partial charge in [-0.1, -0.05) is 5.21 Å². The van der Waals surface area contributed by atoms with Gasteiger partial charge < -0.3 is 5.73 Å². The highest BCUT2D eigenvalue weighted by atomic mass is 32.2. The fraction of sp³-hybridized carbons (Fsp3) is 0.273. The minimum absolute atomic E-state index is 0.178. The molecule has 1 aromatic carbocycles. The Bertz CT molecular complexity index is 768. The van der Waals surface area contributed by atoms with Crippen LogP contribution in [0, 0.1) is 0 Å². The van der Waals surface area contributed by atoms with E-state index in [-0.39, 0.29) is 10.6 Å². The zero-order chi connectivity index (χ0) is 15.8. The van der Waals surface area contributed by atoms with Crippen LogP contribution in [0.15, 0.2) is 29.3 Å². The number of rotatable bonds is 3. The van der Waals surface area contributed by atoms with Crippen LogP contribution in [0.25, 0.3) is 0 Å². The Morgan fingerprint density at radius 3 is 2.48 bits per heavy atom. The van der Waals surface area contributed by atoms with Crippen molar-refractivity contribution in [2.45, 2.75) is 16.8 Å². The maximum absolute atomic E-state index is 12.5. The molecular formula is C11H11F3N4O2S. The van der Waals surface area contributed by atoms with Gasteiger partial charge in [0.1, 0.15) is 5.75 Å². The molecule has 0 aliphatic heterocycles. The van der Waals surface area contributed by atoms with Crippen LogP contribution >= 0.6 is 0 Å². The van der Waals surface area contributed by atoms with E-state index in [1.807, 2.05) is 0 Å². The first-order chi connectivity index (χ1) is 9.59. The number of hydrogen-bond donors (Lipinski definition) is 1. The number of sulfone groups is 1. The van der Waals surface area contributed by atoms with E-state index in [0.29, 0.717) is 12.1 Å². The van der Waals surface area contributed by atoms with Crippen molar-refractivity contribution < 1.29 is 21.6 Å². The summed E-state index contributed by atoms with van der Waals surface area (Å²) in [4.78, 5) is -0.360. The second kappa shape index (κ2) is 5.02. The molecule has 0 fully saturated rings. The first-order valence-corrected chi connectivity index (χ1v) is 7.29. The Balaban J connectivity index is 2.37. The molecular weight excluding hydrogens is 309 g/mol. The van der Waals surface area contributed by atoms with Crippen LogP contribution in [0.4, 0.5) is 18.9 Å². The molecule has 0 saturated heterocycles. The number of nitrogen functional groups attached to an aromatic ring is 1. The molecule has 0 bridgehead atoms. The molecule has 0 amide bonds. The van der Waals surface area contributed by atoms with Crippen LogP contribution in [-0.4, -0.2) is 23.4 Å². The molecule has 1 heterocycles. The number of anilines is 1. The van der Waals surface area contributed by atoms with E-state index < -0.39 is 33.0 Å². The van der Waals surface area contributed by atoms with Gasteiger partial charge in [0, 0.05) is 13.2 Å². The van der Waals surface area contributed by atoms with E-state index in [9.17, 15) is 21.6 Å². The monoisotopic (exact) mass is 320 g/mol. The summed E-state index contributed by atoms with van der Waals surface area (Å²) >= 11 is 0. The molecule has 6 nitrogen and oxygen atoms in total. The fourth-order valence-electron chi connectivity index (χ4n) is 1.74. The Morgan fingerprint density at radius 2 is 2.00 bits per heavy atom. The highest BCUT2D eigenvalue weighted by Gasteiger charge is 2.32. The van der Waals surface area contributed by atoms with Crippen LogP contribution in [0.3, 0.4) is 0 Å². The summed E-state index contributed by atoms with van der Waals surface area (Å²) in [6.45, 7) is 0. The molecule has 2 aromatic rings. The highest BCUT2D eigenvalue weighted by Crippen LogP contribution is 2.33. The lowest BCUT2D eigenvalue weighted by atomic mass is 10.2. The van der Waals surface area contributed by atoms with Crippen LogP contribution in [0.5, 0.6) is 0 Å². The molecule has 0 unspecified atom stereocenters. The molecule has 1 aromatic heterocycles. The highest BCUT2D eigenvalue weighted by molar-refractivity contribution is 7.90. The number of aryl methyl sites for hydroxylation is 1. The molecule has 0 atom stereocenters. The summed E-state index contributed by atoms with van der Waals surface area (Å²) in [7, 11) is -2.34. The third kappa shape index (κ3) is 3.32. The summed E-state index contributed by atoms with van der Waals surface area (Å²) in [6, 6.07) is 2.13. The van der Waals surface area contributed by atoms with Gasteiger partial charge >= 0.3 is 6.18 Å². The SMILES string of the molecule is Cn1cc(CS(=O)(=O)c2ccc(C(F)(F)F)cc2N)nn1. The average molecular weight is 320 g/mol. The minimum atomic E-state index is -4.58. The number of benzene rings is 1. The third-order valence-corrected chi connectivity index (χ3v) is 4.38. The number of nitrogens with two attached hydrogens (primary N) is 1. The van der Waals surface area contributed by atoms with Gasteiger partial charge in [0.15, 0.2) is 9.84 Å². The van der Waals surface area contributed by atoms with Crippen LogP contribution in [0.1, 0.15) is 11.3 Å². The summed E-state index contributed by atoms with van der Waals surface area (Å²) in [5.41, 5.74) is 4.17. The predicted molar refractivity (Wildman–Crippen MR) is 67.7 cm³/mol. The Morgan fingerprint density at radius 1 is 1.33 bits per heavy atom. The standard InChI is InChI=1S/C11H11F3N4O2S/c1-18-5-8(16-17-18)6-21(19,20)10-3-2-7(4-9(10)15)11(12,13)14/h2-5H,6,15H2,1H3. The van der Waals surface area contributed by atoms with E-state index in [0.717, 1.165) is 6.07 Å². The smallest absolute Gasteiger partial charge is 0.398 e. The molecule has 21 heavy (non-hydrogen) atoms. The summed E-state index contributed by atoms with van der Waals surface area (Å²) in [6.07, 6.45) is -3.18. The van der Waals surface area contributed by atoms with Crippen molar-refractivity contribution in [2.24, 2.45) is 7.05 Å². The first kappa shape index (κ1) is 15.3. The second-order valence-electron chi connectivity index (χ2n) is 4.39. The van der Waals surface area contributed by atoms with Crippen molar-refractivity contribution in [3.05, 3.63) is 35.7 Å². The zero-order valence-electron chi connectivity index (χ0n) is 10.8.